The highest BCUT2D eigenvalue weighted by Gasteiger charge is 2.27. The van der Waals surface area contributed by atoms with Gasteiger partial charge in [0.15, 0.2) is 11.6 Å². The molecule has 32 heavy (non-hydrogen) atoms. The van der Waals surface area contributed by atoms with Crippen LogP contribution in [0.5, 0.6) is 0 Å². The molecule has 1 N–H and O–H groups in total. The van der Waals surface area contributed by atoms with E-state index in [1.807, 2.05) is 25.1 Å². The second-order valence-corrected chi connectivity index (χ2v) is 7.79. The molecule has 5 aromatic rings. The fourth-order valence-corrected chi connectivity index (χ4v) is 3.84. The van der Waals surface area contributed by atoms with Crippen molar-refractivity contribution in [1.29, 1.82) is 0 Å². The van der Waals surface area contributed by atoms with Gasteiger partial charge in [-0.2, -0.15) is 5.21 Å². The molecule has 3 heterocycles. The number of nitrogens with zero attached hydrogens (tertiary/aromatic N) is 6. The van der Waals surface area contributed by atoms with Crippen LogP contribution in [0.3, 0.4) is 0 Å². The third-order valence-corrected chi connectivity index (χ3v) is 5.35. The molecule has 0 aliphatic rings. The van der Waals surface area contributed by atoms with E-state index in [0.717, 1.165) is 5.69 Å². The average molecular weight is 466 g/mol. The first-order valence-electron chi connectivity index (χ1n) is 9.54. The Hall–Kier alpha value is -3.62. The summed E-state index contributed by atoms with van der Waals surface area (Å²) >= 11 is 12.4. The van der Waals surface area contributed by atoms with Gasteiger partial charge in [-0.3, -0.25) is 4.57 Å². The lowest BCUT2D eigenvalue weighted by molar-refractivity contribution is 0.619. The molecule has 0 aliphatic heterocycles. The predicted molar refractivity (Wildman–Crippen MR) is 120 cm³/mol. The number of imidazole rings is 1. The maximum absolute atomic E-state index is 15.3. The van der Waals surface area contributed by atoms with Crippen LogP contribution in [0, 0.1) is 12.7 Å². The number of rotatable bonds is 4. The second-order valence-electron chi connectivity index (χ2n) is 6.95. The van der Waals surface area contributed by atoms with Gasteiger partial charge in [-0.15, -0.1) is 10.2 Å². The highest BCUT2D eigenvalue weighted by Crippen LogP contribution is 2.38. The Kier molecular flexibility index (Phi) is 5.16. The van der Waals surface area contributed by atoms with Crippen LogP contribution in [0.2, 0.25) is 10.0 Å². The van der Waals surface area contributed by atoms with Crippen LogP contribution in [0.15, 0.2) is 60.7 Å². The Labute approximate surface area is 191 Å². The quantitative estimate of drug-likeness (QED) is 0.376. The molecule has 0 saturated heterocycles. The van der Waals surface area contributed by atoms with Crippen LogP contribution in [0.1, 0.15) is 5.69 Å². The van der Waals surface area contributed by atoms with Crippen molar-refractivity contribution >= 4 is 23.2 Å². The molecule has 0 atom stereocenters. The van der Waals surface area contributed by atoms with Gasteiger partial charge in [0, 0.05) is 16.3 Å². The number of hydrogen-bond donors (Lipinski definition) is 1. The van der Waals surface area contributed by atoms with Crippen molar-refractivity contribution in [3.05, 3.63) is 82.2 Å². The summed E-state index contributed by atoms with van der Waals surface area (Å²) in [4.78, 5) is 9.38. The van der Waals surface area contributed by atoms with Gasteiger partial charge >= 0.3 is 0 Å². The average Bonchev–Trinajstić information content (AvgIpc) is 3.43. The largest absolute Gasteiger partial charge is 0.287 e. The van der Waals surface area contributed by atoms with Crippen molar-refractivity contribution in [2.75, 3.05) is 0 Å². The molecule has 158 valence electrons. The van der Waals surface area contributed by atoms with Gasteiger partial charge in [0.1, 0.15) is 11.4 Å². The molecule has 0 aliphatic carbocycles. The van der Waals surface area contributed by atoms with Crippen LogP contribution in [-0.4, -0.2) is 35.2 Å². The smallest absolute Gasteiger partial charge is 0.225 e. The minimum atomic E-state index is -0.594. The zero-order chi connectivity index (χ0) is 22.2. The molecule has 3 aromatic heterocycles. The van der Waals surface area contributed by atoms with E-state index in [1.165, 1.54) is 6.07 Å². The number of aryl methyl sites for hydroxylation is 1. The molecule has 0 amide bonds. The third kappa shape index (κ3) is 3.53. The molecular weight excluding hydrogens is 452 g/mol. The number of hydrogen-bond acceptors (Lipinski definition) is 5. The van der Waals surface area contributed by atoms with Crippen molar-refractivity contribution in [2.45, 2.75) is 6.92 Å². The van der Waals surface area contributed by atoms with E-state index in [2.05, 4.69) is 25.6 Å². The van der Waals surface area contributed by atoms with Crippen LogP contribution < -0.4 is 0 Å². The summed E-state index contributed by atoms with van der Waals surface area (Å²) in [6.07, 6.45) is 0. The summed E-state index contributed by atoms with van der Waals surface area (Å²) in [5, 5.41) is 14.8. The fraction of sp³-hybridized carbons (Fsp3) is 0.0455. The van der Waals surface area contributed by atoms with Gasteiger partial charge in [0.25, 0.3) is 0 Å². The lowest BCUT2D eigenvalue weighted by Gasteiger charge is -2.14. The topological polar surface area (TPSA) is 85.2 Å². The molecule has 5 rings (SSSR count). The Morgan fingerprint density at radius 3 is 2.53 bits per heavy atom. The molecule has 0 bridgehead atoms. The molecular formula is C22H14Cl2FN7. The van der Waals surface area contributed by atoms with E-state index >= 15 is 4.39 Å². The molecule has 0 unspecified atom stereocenters. The predicted octanol–water partition coefficient (Wildman–Crippen LogP) is 5.54. The monoisotopic (exact) mass is 465 g/mol. The summed E-state index contributed by atoms with van der Waals surface area (Å²) in [6, 6.07) is 17.5. The number of H-pyrrole nitrogens is 1. The second kappa shape index (κ2) is 8.14. The minimum Gasteiger partial charge on any atom is -0.287 e. The van der Waals surface area contributed by atoms with Gasteiger partial charge < -0.3 is 0 Å². The fourth-order valence-electron chi connectivity index (χ4n) is 3.48. The Balaban J connectivity index is 1.93. The van der Waals surface area contributed by atoms with Crippen molar-refractivity contribution < 1.29 is 4.39 Å². The maximum atomic E-state index is 15.3. The van der Waals surface area contributed by atoms with Gasteiger partial charge in [0.2, 0.25) is 5.82 Å². The van der Waals surface area contributed by atoms with Gasteiger partial charge in [-0.05, 0) is 48.5 Å². The molecule has 2 aromatic carbocycles. The molecule has 0 spiro atoms. The lowest BCUT2D eigenvalue weighted by atomic mass is 10.1. The highest BCUT2D eigenvalue weighted by atomic mass is 35.5. The number of tetrazole rings is 1. The zero-order valence-corrected chi connectivity index (χ0v) is 18.1. The van der Waals surface area contributed by atoms with Crippen molar-refractivity contribution in [2.24, 2.45) is 0 Å². The first-order valence-corrected chi connectivity index (χ1v) is 10.3. The number of aromatic nitrogens is 7. The summed E-state index contributed by atoms with van der Waals surface area (Å²) in [5.41, 5.74) is 3.12. The minimum absolute atomic E-state index is 0.0162. The van der Waals surface area contributed by atoms with E-state index < -0.39 is 5.82 Å². The van der Waals surface area contributed by atoms with E-state index in [1.54, 1.807) is 41.0 Å². The van der Waals surface area contributed by atoms with E-state index in [-0.39, 0.29) is 16.5 Å². The maximum Gasteiger partial charge on any atom is 0.225 e. The number of benzene rings is 2. The van der Waals surface area contributed by atoms with Crippen molar-refractivity contribution in [3.63, 3.8) is 0 Å². The Morgan fingerprint density at radius 1 is 0.969 bits per heavy atom. The van der Waals surface area contributed by atoms with Crippen molar-refractivity contribution in [3.8, 4) is 40.0 Å². The number of pyridine rings is 1. The summed E-state index contributed by atoms with van der Waals surface area (Å²) in [5.74, 6) is 0.0446. The first-order chi connectivity index (χ1) is 15.5. The molecule has 0 fully saturated rings. The van der Waals surface area contributed by atoms with E-state index in [4.69, 9.17) is 28.2 Å². The lowest BCUT2D eigenvalue weighted by Crippen LogP contribution is -2.04. The SMILES string of the molecule is Cc1cccc(-c2nc(-c3nn[nH]n3)c(-c3cccc(Cl)c3)n2-c2cccc(Cl)c2F)n1. The standard InChI is InChI=1S/C22H14Cl2FN7/c1-12-5-2-9-16(26-12)22-27-19(21-28-30-31-29-21)20(13-6-3-7-14(23)11-13)32(22)17-10-4-8-15(24)18(17)25/h2-11H,1H3,(H,28,29,30,31). The van der Waals surface area contributed by atoms with Crippen LogP contribution in [0.4, 0.5) is 4.39 Å². The molecule has 7 nitrogen and oxygen atoms in total. The molecule has 0 saturated carbocycles. The van der Waals surface area contributed by atoms with Crippen LogP contribution in [0.25, 0.3) is 40.0 Å². The number of aromatic amines is 1. The highest BCUT2D eigenvalue weighted by molar-refractivity contribution is 6.31. The van der Waals surface area contributed by atoms with Gasteiger partial charge in [-0.25, -0.2) is 14.4 Å². The Bertz CT molecular complexity index is 1430. The summed E-state index contributed by atoms with van der Waals surface area (Å²) in [6.45, 7) is 1.87. The van der Waals surface area contributed by atoms with Gasteiger partial charge in [-0.1, -0.05) is 47.5 Å². The van der Waals surface area contributed by atoms with Crippen molar-refractivity contribution in [1.82, 2.24) is 35.2 Å². The summed E-state index contributed by atoms with van der Waals surface area (Å²) < 4.78 is 17.0. The van der Waals surface area contributed by atoms with Crippen LogP contribution in [-0.2, 0) is 0 Å². The van der Waals surface area contributed by atoms with E-state index in [0.29, 0.717) is 33.5 Å². The zero-order valence-electron chi connectivity index (χ0n) is 16.6. The van der Waals surface area contributed by atoms with Crippen LogP contribution >= 0.6 is 23.2 Å². The molecule has 10 heteroatoms. The van der Waals surface area contributed by atoms with Gasteiger partial charge in [0.05, 0.1) is 16.4 Å². The molecule has 0 radical (unpaired) electrons. The third-order valence-electron chi connectivity index (χ3n) is 4.82. The number of nitrogens with one attached hydrogen (secondary N) is 1. The Morgan fingerprint density at radius 2 is 1.78 bits per heavy atom. The number of halogens is 3. The first kappa shape index (κ1) is 20.3. The summed E-state index contributed by atoms with van der Waals surface area (Å²) in [7, 11) is 0. The normalized spacial score (nSPS) is 11.1. The van der Waals surface area contributed by atoms with E-state index in [9.17, 15) is 0 Å².